The summed E-state index contributed by atoms with van der Waals surface area (Å²) < 4.78 is 0. The third-order valence-corrected chi connectivity index (χ3v) is 3.19. The lowest BCUT2D eigenvalue weighted by Crippen LogP contribution is -2.35. The van der Waals surface area contributed by atoms with Crippen molar-refractivity contribution in [1.29, 1.82) is 0 Å². The molecule has 0 aromatic heterocycles. The first-order chi connectivity index (χ1) is 8.93. The first-order valence-corrected chi connectivity index (χ1v) is 7.10. The van der Waals surface area contributed by atoms with Crippen molar-refractivity contribution in [3.8, 4) is 0 Å². The van der Waals surface area contributed by atoms with E-state index in [1.54, 1.807) is 0 Å². The fraction of sp³-hybridized carbons (Fsp3) is 0.600. The van der Waals surface area contributed by atoms with E-state index in [4.69, 9.17) is 11.6 Å². The SMILES string of the molecule is CC(C)CN(CCN(C)C)c1ccc(Cl)cc1CO. The Hall–Kier alpha value is -0.770. The van der Waals surface area contributed by atoms with Crippen LogP contribution in [0.25, 0.3) is 0 Å². The quantitative estimate of drug-likeness (QED) is 0.834. The molecule has 0 aliphatic heterocycles. The van der Waals surface area contributed by atoms with Crippen molar-refractivity contribution < 1.29 is 5.11 Å². The van der Waals surface area contributed by atoms with Gasteiger partial charge in [0, 0.05) is 35.9 Å². The van der Waals surface area contributed by atoms with Gasteiger partial charge in [0.05, 0.1) is 6.61 Å². The van der Waals surface area contributed by atoms with E-state index < -0.39 is 0 Å². The molecule has 1 N–H and O–H groups in total. The van der Waals surface area contributed by atoms with Crippen LogP contribution >= 0.6 is 11.6 Å². The highest BCUT2D eigenvalue weighted by atomic mass is 35.5. The molecule has 3 nitrogen and oxygen atoms in total. The van der Waals surface area contributed by atoms with Crippen molar-refractivity contribution in [1.82, 2.24) is 4.90 Å². The summed E-state index contributed by atoms with van der Waals surface area (Å²) in [6.07, 6.45) is 0. The summed E-state index contributed by atoms with van der Waals surface area (Å²) in [5, 5.41) is 10.2. The van der Waals surface area contributed by atoms with Crippen LogP contribution in [-0.4, -0.2) is 43.7 Å². The molecule has 4 heteroatoms. The second-order valence-corrected chi connectivity index (χ2v) is 6.01. The van der Waals surface area contributed by atoms with E-state index in [2.05, 4.69) is 37.7 Å². The molecule has 0 saturated carbocycles. The number of halogens is 1. The van der Waals surface area contributed by atoms with E-state index >= 15 is 0 Å². The van der Waals surface area contributed by atoms with Crippen LogP contribution in [0.3, 0.4) is 0 Å². The van der Waals surface area contributed by atoms with Gasteiger partial charge in [0.15, 0.2) is 0 Å². The highest BCUT2D eigenvalue weighted by Gasteiger charge is 2.13. The van der Waals surface area contributed by atoms with Gasteiger partial charge in [-0.3, -0.25) is 0 Å². The van der Waals surface area contributed by atoms with Crippen LogP contribution in [0.1, 0.15) is 19.4 Å². The number of benzene rings is 1. The monoisotopic (exact) mass is 284 g/mol. The minimum absolute atomic E-state index is 0.0203. The zero-order valence-corrected chi connectivity index (χ0v) is 13.1. The molecule has 0 heterocycles. The number of anilines is 1. The smallest absolute Gasteiger partial charge is 0.0702 e. The third-order valence-electron chi connectivity index (χ3n) is 2.96. The van der Waals surface area contributed by atoms with E-state index in [1.165, 1.54) is 0 Å². The highest BCUT2D eigenvalue weighted by molar-refractivity contribution is 6.30. The first-order valence-electron chi connectivity index (χ1n) is 6.73. The minimum atomic E-state index is 0.0203. The second-order valence-electron chi connectivity index (χ2n) is 5.57. The summed E-state index contributed by atoms with van der Waals surface area (Å²) in [5.41, 5.74) is 1.98. The number of hydrogen-bond donors (Lipinski definition) is 1. The zero-order chi connectivity index (χ0) is 14.4. The molecule has 1 aromatic carbocycles. The fourth-order valence-electron chi connectivity index (χ4n) is 2.06. The molecule has 0 unspecified atom stereocenters. The Morgan fingerprint density at radius 1 is 1.21 bits per heavy atom. The lowest BCUT2D eigenvalue weighted by molar-refractivity contribution is 0.282. The molecule has 0 saturated heterocycles. The summed E-state index contributed by atoms with van der Waals surface area (Å²) in [7, 11) is 4.14. The van der Waals surface area contributed by atoms with E-state index in [-0.39, 0.29) is 6.61 Å². The van der Waals surface area contributed by atoms with Gasteiger partial charge < -0.3 is 14.9 Å². The van der Waals surface area contributed by atoms with Crippen molar-refractivity contribution in [2.24, 2.45) is 5.92 Å². The summed E-state index contributed by atoms with van der Waals surface area (Å²) in [4.78, 5) is 4.49. The van der Waals surface area contributed by atoms with Crippen molar-refractivity contribution in [3.05, 3.63) is 28.8 Å². The largest absolute Gasteiger partial charge is 0.392 e. The molecular formula is C15H25ClN2O. The Morgan fingerprint density at radius 3 is 2.42 bits per heavy atom. The van der Waals surface area contributed by atoms with Crippen LogP contribution < -0.4 is 4.90 Å². The molecule has 0 fully saturated rings. The van der Waals surface area contributed by atoms with Gasteiger partial charge in [0.25, 0.3) is 0 Å². The molecule has 0 radical (unpaired) electrons. The Morgan fingerprint density at radius 2 is 1.89 bits per heavy atom. The predicted octanol–water partition coefficient (Wildman–Crippen LogP) is 2.86. The van der Waals surface area contributed by atoms with E-state index in [0.717, 1.165) is 30.9 Å². The highest BCUT2D eigenvalue weighted by Crippen LogP contribution is 2.25. The van der Waals surface area contributed by atoms with Crippen LogP contribution in [0.4, 0.5) is 5.69 Å². The lowest BCUT2D eigenvalue weighted by atomic mass is 10.1. The maximum atomic E-state index is 9.51. The zero-order valence-electron chi connectivity index (χ0n) is 12.4. The van der Waals surface area contributed by atoms with E-state index in [9.17, 15) is 5.11 Å². The molecule has 108 valence electrons. The third kappa shape index (κ3) is 5.39. The van der Waals surface area contributed by atoms with Gasteiger partial charge in [0.2, 0.25) is 0 Å². The van der Waals surface area contributed by atoms with Gasteiger partial charge in [-0.15, -0.1) is 0 Å². The molecule has 1 aromatic rings. The maximum absolute atomic E-state index is 9.51. The molecule has 0 aliphatic carbocycles. The van der Waals surface area contributed by atoms with Gasteiger partial charge >= 0.3 is 0 Å². The van der Waals surface area contributed by atoms with Crippen molar-refractivity contribution in [3.63, 3.8) is 0 Å². The number of rotatable bonds is 7. The number of aliphatic hydroxyl groups excluding tert-OH is 1. The first kappa shape index (κ1) is 16.3. The Labute approximate surface area is 121 Å². The Kier molecular flexibility index (Phi) is 6.63. The van der Waals surface area contributed by atoms with Crippen LogP contribution in [0.5, 0.6) is 0 Å². The number of hydrogen-bond acceptors (Lipinski definition) is 3. The standard InChI is InChI=1S/C15H25ClN2O/c1-12(2)10-18(8-7-17(3)4)15-6-5-14(16)9-13(15)11-19/h5-6,9,12,19H,7-8,10-11H2,1-4H3. The maximum Gasteiger partial charge on any atom is 0.0702 e. The summed E-state index contributed by atoms with van der Waals surface area (Å²) in [6.45, 7) is 7.34. The van der Waals surface area contributed by atoms with E-state index in [1.807, 2.05) is 18.2 Å². The number of likely N-dealkylation sites (N-methyl/N-ethyl adjacent to an activating group) is 1. The van der Waals surface area contributed by atoms with Gasteiger partial charge in [-0.25, -0.2) is 0 Å². The summed E-state index contributed by atoms with van der Waals surface area (Å²) >= 11 is 6.00. The topological polar surface area (TPSA) is 26.7 Å². The molecule has 0 spiro atoms. The van der Waals surface area contributed by atoms with Gasteiger partial charge in [-0.2, -0.15) is 0 Å². The number of aliphatic hydroxyl groups is 1. The average molecular weight is 285 g/mol. The normalized spacial score (nSPS) is 11.4. The fourth-order valence-corrected chi connectivity index (χ4v) is 2.26. The second kappa shape index (κ2) is 7.73. The van der Waals surface area contributed by atoms with Crippen LogP contribution in [0.15, 0.2) is 18.2 Å². The van der Waals surface area contributed by atoms with Crippen molar-refractivity contribution in [2.45, 2.75) is 20.5 Å². The molecule has 0 aliphatic rings. The van der Waals surface area contributed by atoms with Crippen molar-refractivity contribution >= 4 is 17.3 Å². The summed E-state index contributed by atoms with van der Waals surface area (Å²) in [6, 6.07) is 5.74. The summed E-state index contributed by atoms with van der Waals surface area (Å²) in [5.74, 6) is 0.574. The molecule has 1 rings (SSSR count). The molecule has 0 amide bonds. The van der Waals surface area contributed by atoms with Gasteiger partial charge in [0.1, 0.15) is 0 Å². The predicted molar refractivity (Wildman–Crippen MR) is 83.0 cm³/mol. The van der Waals surface area contributed by atoms with Gasteiger partial charge in [-0.05, 0) is 38.2 Å². The Bertz CT molecular complexity index is 394. The van der Waals surface area contributed by atoms with Crippen LogP contribution in [0, 0.1) is 5.92 Å². The minimum Gasteiger partial charge on any atom is -0.392 e. The van der Waals surface area contributed by atoms with Gasteiger partial charge in [-0.1, -0.05) is 25.4 Å². The Balaban J connectivity index is 2.95. The van der Waals surface area contributed by atoms with Crippen LogP contribution in [0.2, 0.25) is 5.02 Å². The lowest BCUT2D eigenvalue weighted by Gasteiger charge is -2.29. The molecule has 0 bridgehead atoms. The average Bonchev–Trinajstić information content (AvgIpc) is 2.33. The molecule has 0 atom stereocenters. The van der Waals surface area contributed by atoms with Crippen LogP contribution in [-0.2, 0) is 6.61 Å². The molecule has 19 heavy (non-hydrogen) atoms. The number of nitrogens with zero attached hydrogens (tertiary/aromatic N) is 2. The van der Waals surface area contributed by atoms with Crippen molar-refractivity contribution in [2.75, 3.05) is 38.6 Å². The molecular weight excluding hydrogens is 260 g/mol. The van der Waals surface area contributed by atoms with E-state index in [0.29, 0.717) is 10.9 Å².